The number of hydrogen-bond acceptors (Lipinski definition) is 5. The first kappa shape index (κ1) is 17.4. The van der Waals surface area contributed by atoms with Crippen LogP contribution in [0.2, 0.25) is 0 Å². The lowest BCUT2D eigenvalue weighted by Crippen LogP contribution is -2.25. The summed E-state index contributed by atoms with van der Waals surface area (Å²) in [5.41, 5.74) is -0.903. The van der Waals surface area contributed by atoms with Crippen LogP contribution in [0.3, 0.4) is 0 Å². The normalized spacial score (nSPS) is 11.2. The molecule has 0 bridgehead atoms. The number of alkyl halides is 3. The summed E-state index contributed by atoms with van der Waals surface area (Å²) in [7, 11) is 0. The fraction of sp³-hybridized carbons (Fsp3) is 0.0556. The number of pyridine rings is 1. The van der Waals surface area contributed by atoms with Gasteiger partial charge in [-0.3, -0.25) is 0 Å². The van der Waals surface area contributed by atoms with Crippen LogP contribution < -0.4 is 9.47 Å². The van der Waals surface area contributed by atoms with Crippen molar-refractivity contribution in [3.63, 3.8) is 0 Å². The van der Waals surface area contributed by atoms with Gasteiger partial charge in [-0.2, -0.15) is 13.2 Å². The molecule has 0 atom stereocenters. The zero-order chi connectivity index (χ0) is 18.7. The zero-order valence-electron chi connectivity index (χ0n) is 13.0. The average Bonchev–Trinajstić information content (AvgIpc) is 2.61. The summed E-state index contributed by atoms with van der Waals surface area (Å²) < 4.78 is 47.1. The van der Waals surface area contributed by atoms with Crippen molar-refractivity contribution in [2.75, 3.05) is 0 Å². The maximum atomic E-state index is 12.5. The molecular formula is C18H10F3NO4. The highest BCUT2D eigenvalue weighted by atomic mass is 19.4. The number of esters is 2. The number of rotatable bonds is 2. The van der Waals surface area contributed by atoms with E-state index in [2.05, 4.69) is 4.98 Å². The third-order valence-corrected chi connectivity index (χ3v) is 3.39. The van der Waals surface area contributed by atoms with Gasteiger partial charge in [-0.15, -0.1) is 0 Å². The predicted molar refractivity (Wildman–Crippen MR) is 84.5 cm³/mol. The minimum atomic E-state index is -4.51. The Bertz CT molecular complexity index is 963. The summed E-state index contributed by atoms with van der Waals surface area (Å²) >= 11 is 0. The van der Waals surface area contributed by atoms with Crippen molar-refractivity contribution in [1.82, 2.24) is 4.98 Å². The van der Waals surface area contributed by atoms with Crippen LogP contribution in [0.1, 0.15) is 5.56 Å². The molecule has 0 aliphatic carbocycles. The van der Waals surface area contributed by atoms with Crippen molar-refractivity contribution in [2.45, 2.75) is 6.18 Å². The fourth-order valence-corrected chi connectivity index (χ4v) is 2.16. The molecule has 0 N–H and O–H groups in total. The highest BCUT2D eigenvalue weighted by Crippen LogP contribution is 2.30. The maximum Gasteiger partial charge on any atom is 0.424 e. The number of carbonyl (C=O) groups excluding carboxylic acids is 2. The number of hydrogen-bond donors (Lipinski definition) is 0. The molecule has 1 heterocycles. The number of fused-ring (bicyclic) bond motifs is 1. The van der Waals surface area contributed by atoms with Crippen LogP contribution in [0.4, 0.5) is 13.2 Å². The molecule has 0 saturated heterocycles. The van der Waals surface area contributed by atoms with Gasteiger partial charge >= 0.3 is 18.1 Å². The van der Waals surface area contributed by atoms with Gasteiger partial charge in [0.2, 0.25) is 5.88 Å². The summed E-state index contributed by atoms with van der Waals surface area (Å²) in [5, 5.41) is 1.27. The first-order valence-corrected chi connectivity index (χ1v) is 7.29. The number of carbonyl (C=O) groups is 2. The lowest BCUT2D eigenvalue weighted by atomic mass is 10.2. The Hall–Kier alpha value is -3.42. The topological polar surface area (TPSA) is 65.5 Å². The predicted octanol–water partition coefficient (Wildman–Crippen LogP) is 3.76. The number of nitrogens with zero attached hydrogens (tertiary/aromatic N) is 1. The van der Waals surface area contributed by atoms with Crippen LogP contribution in [0, 0.1) is 0 Å². The minimum Gasteiger partial charge on any atom is -0.418 e. The van der Waals surface area contributed by atoms with E-state index in [1.54, 1.807) is 30.3 Å². The van der Waals surface area contributed by atoms with E-state index >= 15 is 0 Å². The largest absolute Gasteiger partial charge is 0.424 e. The minimum absolute atomic E-state index is 0.0718. The van der Waals surface area contributed by atoms with Crippen LogP contribution in [0.25, 0.3) is 10.8 Å². The monoisotopic (exact) mass is 361 g/mol. The number of ether oxygens (including phenoxy) is 2. The molecule has 132 valence electrons. The Morgan fingerprint density at radius 3 is 2.19 bits per heavy atom. The van der Waals surface area contributed by atoms with Gasteiger partial charge in [-0.1, -0.05) is 18.2 Å². The SMILES string of the molecule is O=C(Oc1ccc(C(F)(F)F)cc1)C(=O)Oc1nccc2ccccc12. The second-order valence-electron chi connectivity index (χ2n) is 5.14. The molecule has 0 aliphatic heterocycles. The molecule has 0 radical (unpaired) electrons. The molecule has 0 saturated carbocycles. The van der Waals surface area contributed by atoms with E-state index in [-0.39, 0.29) is 11.6 Å². The molecule has 2 aromatic carbocycles. The summed E-state index contributed by atoms with van der Waals surface area (Å²) in [5.74, 6) is -3.00. The standard InChI is InChI=1S/C18H10F3NO4/c19-18(20,21)12-5-7-13(8-6-12)25-16(23)17(24)26-15-14-4-2-1-3-11(14)9-10-22-15/h1-10H. The summed E-state index contributed by atoms with van der Waals surface area (Å²) in [6.45, 7) is 0. The van der Waals surface area contributed by atoms with Gasteiger partial charge in [0.15, 0.2) is 0 Å². The highest BCUT2D eigenvalue weighted by molar-refractivity contribution is 6.31. The molecule has 1 aromatic heterocycles. The first-order valence-electron chi connectivity index (χ1n) is 7.29. The highest BCUT2D eigenvalue weighted by Gasteiger charge is 2.30. The number of aromatic nitrogens is 1. The Labute approximate surface area is 145 Å². The van der Waals surface area contributed by atoms with Crippen LogP contribution in [0.5, 0.6) is 11.6 Å². The van der Waals surface area contributed by atoms with Gasteiger partial charge in [0, 0.05) is 11.6 Å². The van der Waals surface area contributed by atoms with Crippen LogP contribution >= 0.6 is 0 Å². The van der Waals surface area contributed by atoms with Crippen molar-refractivity contribution >= 4 is 22.7 Å². The van der Waals surface area contributed by atoms with E-state index in [9.17, 15) is 22.8 Å². The molecule has 5 nitrogen and oxygen atoms in total. The van der Waals surface area contributed by atoms with E-state index < -0.39 is 23.7 Å². The van der Waals surface area contributed by atoms with Gasteiger partial charge in [0.05, 0.1) is 5.56 Å². The summed E-state index contributed by atoms with van der Waals surface area (Å²) in [6.07, 6.45) is -3.10. The number of halogens is 3. The first-order chi connectivity index (χ1) is 12.3. The van der Waals surface area contributed by atoms with Gasteiger partial charge in [-0.25, -0.2) is 14.6 Å². The number of benzene rings is 2. The van der Waals surface area contributed by atoms with Crippen LogP contribution in [-0.4, -0.2) is 16.9 Å². The van der Waals surface area contributed by atoms with Gasteiger partial charge in [-0.05, 0) is 41.8 Å². The smallest absolute Gasteiger partial charge is 0.418 e. The Kier molecular flexibility index (Phi) is 4.57. The third kappa shape index (κ3) is 3.80. The lowest BCUT2D eigenvalue weighted by Gasteiger charge is -2.08. The zero-order valence-corrected chi connectivity index (χ0v) is 13.0. The molecule has 3 aromatic rings. The third-order valence-electron chi connectivity index (χ3n) is 3.39. The molecule has 0 aliphatic rings. The van der Waals surface area contributed by atoms with Crippen molar-refractivity contribution in [2.24, 2.45) is 0 Å². The van der Waals surface area contributed by atoms with Gasteiger partial charge < -0.3 is 9.47 Å². The maximum absolute atomic E-state index is 12.5. The van der Waals surface area contributed by atoms with E-state index in [0.717, 1.165) is 29.7 Å². The molecule has 26 heavy (non-hydrogen) atoms. The second kappa shape index (κ2) is 6.83. The lowest BCUT2D eigenvalue weighted by molar-refractivity contribution is -0.156. The molecular weight excluding hydrogens is 351 g/mol. The average molecular weight is 361 g/mol. The molecule has 8 heteroatoms. The van der Waals surface area contributed by atoms with E-state index in [4.69, 9.17) is 9.47 Å². The Morgan fingerprint density at radius 1 is 0.846 bits per heavy atom. The van der Waals surface area contributed by atoms with Crippen molar-refractivity contribution in [1.29, 1.82) is 0 Å². The van der Waals surface area contributed by atoms with Crippen LogP contribution in [-0.2, 0) is 15.8 Å². The van der Waals surface area contributed by atoms with Crippen LogP contribution in [0.15, 0.2) is 60.8 Å². The fourth-order valence-electron chi connectivity index (χ4n) is 2.16. The molecule has 3 rings (SSSR count). The molecule has 0 amide bonds. The van der Waals surface area contributed by atoms with Crippen molar-refractivity contribution in [3.8, 4) is 11.6 Å². The Balaban J connectivity index is 1.71. The summed E-state index contributed by atoms with van der Waals surface area (Å²) in [4.78, 5) is 27.6. The van der Waals surface area contributed by atoms with Gasteiger partial charge in [0.25, 0.3) is 0 Å². The van der Waals surface area contributed by atoms with Crippen molar-refractivity contribution < 1.29 is 32.2 Å². The molecule has 0 fully saturated rings. The molecule has 0 spiro atoms. The van der Waals surface area contributed by atoms with E-state index in [1.165, 1.54) is 6.20 Å². The van der Waals surface area contributed by atoms with Crippen molar-refractivity contribution in [3.05, 3.63) is 66.4 Å². The quantitative estimate of drug-likeness (QED) is 0.395. The second-order valence-corrected chi connectivity index (χ2v) is 5.14. The summed E-state index contributed by atoms with van der Waals surface area (Å²) in [6, 6.07) is 12.0. The molecule has 0 unspecified atom stereocenters. The van der Waals surface area contributed by atoms with Gasteiger partial charge in [0.1, 0.15) is 5.75 Å². The Morgan fingerprint density at radius 2 is 1.50 bits per heavy atom. The van der Waals surface area contributed by atoms with E-state index in [0.29, 0.717) is 5.39 Å². The van der Waals surface area contributed by atoms with E-state index in [1.807, 2.05) is 0 Å².